The van der Waals surface area contributed by atoms with Crippen molar-refractivity contribution in [3.8, 4) is 0 Å². The lowest BCUT2D eigenvalue weighted by atomic mass is 10.1. The average Bonchev–Trinajstić information content (AvgIpc) is 3.09. The fourth-order valence-corrected chi connectivity index (χ4v) is 2.68. The average molecular weight is 379 g/mol. The Bertz CT molecular complexity index is 1030. The Morgan fingerprint density at radius 1 is 1.33 bits per heavy atom. The van der Waals surface area contributed by atoms with Gasteiger partial charge in [0.15, 0.2) is 5.65 Å². The molecular formula is C16H16F3N7O. The highest BCUT2D eigenvalue weighted by Gasteiger charge is 2.28. The molecule has 0 aliphatic carbocycles. The number of rotatable bonds is 4. The lowest BCUT2D eigenvalue weighted by molar-refractivity contribution is -0.142. The number of pyridine rings is 1. The zero-order valence-corrected chi connectivity index (χ0v) is 14.7. The minimum atomic E-state index is -4.36. The van der Waals surface area contributed by atoms with Gasteiger partial charge in [-0.2, -0.15) is 28.5 Å². The van der Waals surface area contributed by atoms with Crippen molar-refractivity contribution < 1.29 is 18.0 Å². The molecule has 0 saturated carbocycles. The number of carbonyl (C=O) groups excluding carboxylic acids is 1. The number of carbonyl (C=O) groups is 1. The van der Waals surface area contributed by atoms with E-state index in [-0.39, 0.29) is 5.69 Å². The number of nitrogens with one attached hydrogen (secondary N) is 1. The van der Waals surface area contributed by atoms with Crippen molar-refractivity contribution in [2.75, 3.05) is 0 Å². The van der Waals surface area contributed by atoms with E-state index in [9.17, 15) is 18.0 Å². The van der Waals surface area contributed by atoms with Crippen molar-refractivity contribution in [3.05, 3.63) is 41.0 Å². The fraction of sp³-hybridized carbons (Fsp3) is 0.312. The zero-order chi connectivity index (χ0) is 19.8. The monoisotopic (exact) mass is 379 g/mol. The molecule has 0 unspecified atom stereocenters. The minimum Gasteiger partial charge on any atom is -0.267 e. The first-order chi connectivity index (χ1) is 12.6. The molecule has 27 heavy (non-hydrogen) atoms. The van der Waals surface area contributed by atoms with Gasteiger partial charge in [-0.15, -0.1) is 0 Å². The van der Waals surface area contributed by atoms with E-state index < -0.39 is 18.6 Å². The van der Waals surface area contributed by atoms with Crippen molar-refractivity contribution in [1.29, 1.82) is 0 Å². The van der Waals surface area contributed by atoms with E-state index in [0.29, 0.717) is 28.0 Å². The summed E-state index contributed by atoms with van der Waals surface area (Å²) in [7, 11) is 1.74. The molecule has 0 radical (unpaired) electrons. The standard InChI is InChI=1S/C16H16F3N7O/c1-9-6-12(13-10(2)23-25(3)14(13)21-9)15(27)22-20-7-11-4-5-26(24-11)8-16(17,18)19/h4-7H,8H2,1-3H3,(H,22,27). The molecule has 3 aromatic heterocycles. The van der Waals surface area contributed by atoms with Gasteiger partial charge in [0.05, 0.1) is 22.9 Å². The van der Waals surface area contributed by atoms with Gasteiger partial charge < -0.3 is 0 Å². The summed E-state index contributed by atoms with van der Waals surface area (Å²) in [5.74, 6) is -0.479. The molecule has 0 aliphatic heterocycles. The molecule has 8 nitrogen and oxygen atoms in total. The number of hydrogen-bond acceptors (Lipinski definition) is 5. The molecule has 0 atom stereocenters. The third kappa shape index (κ3) is 4.13. The third-order valence-electron chi connectivity index (χ3n) is 3.71. The summed E-state index contributed by atoms with van der Waals surface area (Å²) >= 11 is 0. The first-order valence-corrected chi connectivity index (χ1v) is 7.88. The second-order valence-electron chi connectivity index (χ2n) is 5.97. The molecule has 0 aliphatic rings. The summed E-state index contributed by atoms with van der Waals surface area (Å²) in [6.07, 6.45) is -2.00. The molecule has 1 amide bonds. The summed E-state index contributed by atoms with van der Waals surface area (Å²) in [5, 5.41) is 12.4. The van der Waals surface area contributed by atoms with Gasteiger partial charge in [0.2, 0.25) is 0 Å². The van der Waals surface area contributed by atoms with Crippen molar-refractivity contribution in [1.82, 2.24) is 30.0 Å². The van der Waals surface area contributed by atoms with E-state index in [1.807, 2.05) is 0 Å². The van der Waals surface area contributed by atoms with E-state index in [4.69, 9.17) is 0 Å². The van der Waals surface area contributed by atoms with Crippen LogP contribution in [0.4, 0.5) is 13.2 Å². The smallest absolute Gasteiger partial charge is 0.267 e. The molecule has 3 aromatic rings. The molecule has 142 valence electrons. The molecule has 0 saturated heterocycles. The molecule has 0 spiro atoms. The van der Waals surface area contributed by atoms with Crippen LogP contribution >= 0.6 is 0 Å². The SMILES string of the molecule is Cc1cc(C(=O)NN=Cc2ccn(CC(F)(F)F)n2)c2c(C)nn(C)c2n1. The van der Waals surface area contributed by atoms with Crippen LogP contribution in [0.1, 0.15) is 27.4 Å². The van der Waals surface area contributed by atoms with Gasteiger partial charge in [0.1, 0.15) is 12.2 Å². The lowest BCUT2D eigenvalue weighted by Crippen LogP contribution is -2.19. The maximum Gasteiger partial charge on any atom is 0.408 e. The van der Waals surface area contributed by atoms with Crippen LogP contribution in [0.5, 0.6) is 0 Å². The number of amides is 1. The predicted molar refractivity (Wildman–Crippen MR) is 91.3 cm³/mol. The first kappa shape index (κ1) is 18.5. The van der Waals surface area contributed by atoms with Gasteiger partial charge in [-0.3, -0.25) is 14.2 Å². The topological polar surface area (TPSA) is 90.0 Å². The molecule has 11 heteroatoms. The van der Waals surface area contributed by atoms with Crippen molar-refractivity contribution in [2.24, 2.45) is 12.1 Å². The Balaban J connectivity index is 1.77. The Morgan fingerprint density at radius 3 is 2.78 bits per heavy atom. The molecule has 3 heterocycles. The number of aromatic nitrogens is 5. The van der Waals surface area contributed by atoms with Crippen LogP contribution in [-0.4, -0.2) is 42.8 Å². The number of alkyl halides is 3. The van der Waals surface area contributed by atoms with Gasteiger partial charge in [0, 0.05) is 18.9 Å². The maximum absolute atomic E-state index is 12.5. The number of nitrogens with zero attached hydrogens (tertiary/aromatic N) is 6. The minimum absolute atomic E-state index is 0.188. The third-order valence-corrected chi connectivity index (χ3v) is 3.71. The fourth-order valence-electron chi connectivity index (χ4n) is 2.68. The van der Waals surface area contributed by atoms with Crippen LogP contribution in [0.15, 0.2) is 23.4 Å². The highest BCUT2D eigenvalue weighted by Crippen LogP contribution is 2.21. The van der Waals surface area contributed by atoms with Crippen LogP contribution in [0, 0.1) is 13.8 Å². The summed E-state index contributed by atoms with van der Waals surface area (Å²) in [5.41, 5.74) is 4.78. The molecule has 3 rings (SSSR count). The quantitative estimate of drug-likeness (QED) is 0.555. The molecular weight excluding hydrogens is 363 g/mol. The molecule has 0 fully saturated rings. The maximum atomic E-state index is 12.5. The van der Waals surface area contributed by atoms with Crippen LogP contribution in [0.3, 0.4) is 0 Å². The summed E-state index contributed by atoms with van der Waals surface area (Å²) in [6, 6.07) is 2.99. The Kier molecular flexibility index (Phi) is 4.68. The van der Waals surface area contributed by atoms with Crippen molar-refractivity contribution >= 4 is 23.2 Å². The van der Waals surface area contributed by atoms with E-state index in [1.54, 1.807) is 31.6 Å². The van der Waals surface area contributed by atoms with Gasteiger partial charge >= 0.3 is 6.18 Å². The molecule has 0 bridgehead atoms. The second-order valence-corrected chi connectivity index (χ2v) is 5.97. The summed E-state index contributed by atoms with van der Waals surface area (Å²) < 4.78 is 39.3. The number of fused-ring (bicyclic) bond motifs is 1. The van der Waals surface area contributed by atoms with Gasteiger partial charge in [0.25, 0.3) is 5.91 Å². The zero-order valence-electron chi connectivity index (χ0n) is 14.7. The Morgan fingerprint density at radius 2 is 2.07 bits per heavy atom. The Hall–Kier alpha value is -3.24. The number of halogens is 3. The van der Waals surface area contributed by atoms with Gasteiger partial charge in [-0.25, -0.2) is 10.4 Å². The second kappa shape index (κ2) is 6.82. The lowest BCUT2D eigenvalue weighted by Gasteiger charge is -2.05. The summed E-state index contributed by atoms with van der Waals surface area (Å²) in [4.78, 5) is 16.9. The van der Waals surface area contributed by atoms with E-state index >= 15 is 0 Å². The van der Waals surface area contributed by atoms with Crippen molar-refractivity contribution in [3.63, 3.8) is 0 Å². The predicted octanol–water partition coefficient (Wildman–Crippen LogP) is 2.11. The van der Waals surface area contributed by atoms with E-state index in [1.165, 1.54) is 18.5 Å². The van der Waals surface area contributed by atoms with Crippen LogP contribution < -0.4 is 5.43 Å². The number of hydrogen-bond donors (Lipinski definition) is 1. The number of hydrazone groups is 1. The number of aryl methyl sites for hydroxylation is 3. The largest absolute Gasteiger partial charge is 0.408 e. The van der Waals surface area contributed by atoms with Crippen molar-refractivity contribution in [2.45, 2.75) is 26.6 Å². The van der Waals surface area contributed by atoms with Gasteiger partial charge in [-0.05, 0) is 26.0 Å². The van der Waals surface area contributed by atoms with E-state index in [2.05, 4.69) is 25.7 Å². The Labute approximate surface area is 151 Å². The van der Waals surface area contributed by atoms with Crippen LogP contribution in [-0.2, 0) is 13.6 Å². The first-order valence-electron chi connectivity index (χ1n) is 7.88. The highest BCUT2D eigenvalue weighted by atomic mass is 19.4. The van der Waals surface area contributed by atoms with Crippen LogP contribution in [0.2, 0.25) is 0 Å². The summed E-state index contributed by atoms with van der Waals surface area (Å²) in [6.45, 7) is 2.34. The highest BCUT2D eigenvalue weighted by molar-refractivity contribution is 6.06. The van der Waals surface area contributed by atoms with Gasteiger partial charge in [-0.1, -0.05) is 0 Å². The van der Waals surface area contributed by atoms with Crippen LogP contribution in [0.25, 0.3) is 11.0 Å². The van der Waals surface area contributed by atoms with E-state index in [0.717, 1.165) is 4.68 Å². The normalized spacial score (nSPS) is 12.2. The molecule has 1 N–H and O–H groups in total. The molecule has 0 aromatic carbocycles.